The largest absolute Gasteiger partial charge is 0.369 e. The van der Waals surface area contributed by atoms with Crippen molar-refractivity contribution in [2.45, 2.75) is 33.4 Å². The third-order valence-corrected chi connectivity index (χ3v) is 5.26. The van der Waals surface area contributed by atoms with Gasteiger partial charge in [0.2, 0.25) is 10.0 Å². The number of hydrogen-bond acceptors (Lipinski definition) is 6. The van der Waals surface area contributed by atoms with Gasteiger partial charge in [-0.25, -0.2) is 12.8 Å². The van der Waals surface area contributed by atoms with E-state index >= 15 is 0 Å². The molecule has 1 aromatic carbocycles. The summed E-state index contributed by atoms with van der Waals surface area (Å²) in [5, 5.41) is 16.7. The van der Waals surface area contributed by atoms with Crippen molar-refractivity contribution >= 4 is 33.0 Å². The fourth-order valence-electron chi connectivity index (χ4n) is 2.28. The highest BCUT2D eigenvalue weighted by atomic mass is 35.5. The summed E-state index contributed by atoms with van der Waals surface area (Å²) in [4.78, 5) is 0. The van der Waals surface area contributed by atoms with Crippen LogP contribution in [0.4, 0.5) is 15.8 Å². The number of rotatable bonds is 7. The summed E-state index contributed by atoms with van der Waals surface area (Å²) in [7, 11) is -3.69. The van der Waals surface area contributed by atoms with E-state index in [1.54, 1.807) is 20.8 Å². The number of hydrogen-bond donors (Lipinski definition) is 3. The lowest BCUT2D eigenvalue weighted by Crippen LogP contribution is -2.19. The minimum atomic E-state index is -3.69. The molecule has 1 atom stereocenters. The Labute approximate surface area is 150 Å². The lowest BCUT2D eigenvalue weighted by atomic mass is 10.1. The predicted octanol–water partition coefficient (Wildman–Crippen LogP) is 3.34. The van der Waals surface area contributed by atoms with Crippen molar-refractivity contribution in [3.63, 3.8) is 0 Å². The molecule has 0 radical (unpaired) electrons. The first-order valence-corrected chi connectivity index (χ1v) is 9.55. The van der Waals surface area contributed by atoms with Gasteiger partial charge in [-0.2, -0.15) is 0 Å². The number of halogens is 2. The number of aliphatic hydroxyl groups excluding tert-OH is 1. The maximum absolute atomic E-state index is 14.7. The molecule has 3 N–H and O–H groups in total. The van der Waals surface area contributed by atoms with Gasteiger partial charge in [0.05, 0.1) is 22.0 Å². The molecule has 0 amide bonds. The highest BCUT2D eigenvalue weighted by Gasteiger charge is 2.23. The monoisotopic (exact) mass is 391 g/mol. The number of nitrogens with zero attached hydrogens (tertiary/aromatic N) is 1. The molecule has 0 aliphatic heterocycles. The molecule has 0 aliphatic carbocycles. The van der Waals surface area contributed by atoms with Crippen LogP contribution in [0.2, 0.25) is 5.02 Å². The number of aromatic nitrogens is 1. The third kappa shape index (κ3) is 4.42. The maximum atomic E-state index is 14.7. The van der Waals surface area contributed by atoms with E-state index in [1.165, 1.54) is 12.1 Å². The van der Waals surface area contributed by atoms with Gasteiger partial charge in [0, 0.05) is 0 Å². The Kier molecular flexibility index (Phi) is 5.91. The molecule has 2 aromatic rings. The SMILES string of the molecule is CCCS(=O)(=O)Nc1ccc(Cl)c(C(O)Nc2c(C)noc2C)c1F. The Hall–Kier alpha value is -1.84. The van der Waals surface area contributed by atoms with Gasteiger partial charge in [-0.05, 0) is 32.4 Å². The highest BCUT2D eigenvalue weighted by molar-refractivity contribution is 7.92. The fourth-order valence-corrected chi connectivity index (χ4v) is 3.67. The lowest BCUT2D eigenvalue weighted by molar-refractivity contribution is 0.203. The average molecular weight is 392 g/mol. The highest BCUT2D eigenvalue weighted by Crippen LogP contribution is 2.33. The average Bonchev–Trinajstić information content (AvgIpc) is 2.82. The zero-order valence-corrected chi connectivity index (χ0v) is 15.5. The molecule has 0 saturated heterocycles. The number of sulfonamides is 1. The molecule has 25 heavy (non-hydrogen) atoms. The van der Waals surface area contributed by atoms with Crippen LogP contribution in [0.15, 0.2) is 16.7 Å². The maximum Gasteiger partial charge on any atom is 0.232 e. The smallest absolute Gasteiger partial charge is 0.232 e. The third-order valence-electron chi connectivity index (χ3n) is 3.45. The van der Waals surface area contributed by atoms with Crippen LogP contribution in [0.25, 0.3) is 0 Å². The predicted molar refractivity (Wildman–Crippen MR) is 93.7 cm³/mol. The van der Waals surface area contributed by atoms with Crippen LogP contribution < -0.4 is 10.0 Å². The number of anilines is 2. The van der Waals surface area contributed by atoms with E-state index in [9.17, 15) is 17.9 Å². The summed E-state index contributed by atoms with van der Waals surface area (Å²) in [5.74, 6) is -0.698. The van der Waals surface area contributed by atoms with E-state index < -0.39 is 22.1 Å². The molecule has 0 bridgehead atoms. The molecule has 0 spiro atoms. The quantitative estimate of drug-likeness (QED) is 0.625. The minimum absolute atomic E-state index is 0.0531. The Bertz CT molecular complexity index is 850. The molecular formula is C15H19ClFN3O4S. The first kappa shape index (κ1) is 19.5. The van der Waals surface area contributed by atoms with Gasteiger partial charge < -0.3 is 14.9 Å². The molecule has 10 heteroatoms. The van der Waals surface area contributed by atoms with Crippen LogP contribution in [0, 0.1) is 19.7 Å². The van der Waals surface area contributed by atoms with Gasteiger partial charge in [0.1, 0.15) is 11.4 Å². The van der Waals surface area contributed by atoms with Crippen molar-refractivity contribution in [1.82, 2.24) is 5.16 Å². The zero-order chi connectivity index (χ0) is 18.8. The second-order valence-electron chi connectivity index (χ2n) is 5.49. The molecule has 2 rings (SSSR count). The second kappa shape index (κ2) is 7.59. The summed E-state index contributed by atoms with van der Waals surface area (Å²) in [6.07, 6.45) is -1.15. The number of aryl methyl sites for hydroxylation is 2. The van der Waals surface area contributed by atoms with Crippen LogP contribution in [0.3, 0.4) is 0 Å². The topological polar surface area (TPSA) is 104 Å². The van der Waals surface area contributed by atoms with Crippen LogP contribution in [0.1, 0.15) is 36.6 Å². The molecule has 138 valence electrons. The summed E-state index contributed by atoms with van der Waals surface area (Å²) in [6.45, 7) is 4.97. The Balaban J connectivity index is 2.36. The van der Waals surface area contributed by atoms with Crippen molar-refractivity contribution in [3.05, 3.63) is 40.0 Å². The van der Waals surface area contributed by atoms with Crippen molar-refractivity contribution in [3.8, 4) is 0 Å². The minimum Gasteiger partial charge on any atom is -0.369 e. The van der Waals surface area contributed by atoms with Crippen LogP contribution in [0.5, 0.6) is 0 Å². The van der Waals surface area contributed by atoms with E-state index in [0.29, 0.717) is 23.6 Å². The molecule has 1 heterocycles. The van der Waals surface area contributed by atoms with Gasteiger partial charge in [-0.3, -0.25) is 4.72 Å². The van der Waals surface area contributed by atoms with Gasteiger partial charge in [-0.1, -0.05) is 23.7 Å². The standard InChI is InChI=1S/C15H19ClFN3O4S/c1-4-7-25(22,23)20-11-6-5-10(16)12(13(11)17)15(21)18-14-8(2)19-24-9(14)3/h5-6,15,18,20-21H,4,7H2,1-3H3. The number of benzene rings is 1. The van der Waals surface area contributed by atoms with Crippen molar-refractivity contribution in [2.75, 3.05) is 15.8 Å². The fraction of sp³-hybridized carbons (Fsp3) is 0.400. The van der Waals surface area contributed by atoms with E-state index in [-0.39, 0.29) is 22.0 Å². The van der Waals surface area contributed by atoms with E-state index in [2.05, 4.69) is 15.2 Å². The van der Waals surface area contributed by atoms with Gasteiger partial charge in [0.25, 0.3) is 0 Å². The van der Waals surface area contributed by atoms with Crippen LogP contribution in [-0.2, 0) is 10.0 Å². The Morgan fingerprint density at radius 1 is 1.40 bits per heavy atom. The molecule has 1 aromatic heterocycles. The van der Waals surface area contributed by atoms with Gasteiger partial charge in [-0.15, -0.1) is 0 Å². The summed E-state index contributed by atoms with van der Waals surface area (Å²) < 4.78 is 45.6. The molecule has 0 saturated carbocycles. The summed E-state index contributed by atoms with van der Waals surface area (Å²) >= 11 is 5.99. The normalized spacial score (nSPS) is 12.9. The van der Waals surface area contributed by atoms with Crippen molar-refractivity contribution in [2.24, 2.45) is 0 Å². The van der Waals surface area contributed by atoms with E-state index in [0.717, 1.165) is 0 Å². The number of nitrogens with one attached hydrogen (secondary N) is 2. The lowest BCUT2D eigenvalue weighted by Gasteiger charge is -2.18. The number of aliphatic hydroxyl groups is 1. The van der Waals surface area contributed by atoms with Crippen molar-refractivity contribution < 1.29 is 22.4 Å². The second-order valence-corrected chi connectivity index (χ2v) is 7.74. The summed E-state index contributed by atoms with van der Waals surface area (Å²) in [6, 6.07) is 2.51. The van der Waals surface area contributed by atoms with Crippen molar-refractivity contribution in [1.29, 1.82) is 0 Å². The molecule has 0 fully saturated rings. The van der Waals surface area contributed by atoms with Crippen LogP contribution >= 0.6 is 11.6 Å². The van der Waals surface area contributed by atoms with Gasteiger partial charge in [0.15, 0.2) is 17.8 Å². The first-order valence-electron chi connectivity index (χ1n) is 7.52. The molecular weight excluding hydrogens is 373 g/mol. The van der Waals surface area contributed by atoms with Gasteiger partial charge >= 0.3 is 0 Å². The zero-order valence-electron chi connectivity index (χ0n) is 13.9. The Morgan fingerprint density at radius 2 is 2.08 bits per heavy atom. The van der Waals surface area contributed by atoms with E-state index in [1.807, 2.05) is 0 Å². The molecule has 7 nitrogen and oxygen atoms in total. The van der Waals surface area contributed by atoms with Crippen LogP contribution in [-0.4, -0.2) is 24.4 Å². The molecule has 0 aliphatic rings. The summed E-state index contributed by atoms with van der Waals surface area (Å²) in [5.41, 5.74) is 0.318. The first-order chi connectivity index (χ1) is 11.7. The van der Waals surface area contributed by atoms with E-state index in [4.69, 9.17) is 16.1 Å². The molecule has 1 unspecified atom stereocenters. The Morgan fingerprint density at radius 3 is 2.64 bits per heavy atom.